The van der Waals surface area contributed by atoms with E-state index in [0.29, 0.717) is 23.4 Å². The van der Waals surface area contributed by atoms with Gasteiger partial charge in [-0.25, -0.2) is 4.79 Å². The van der Waals surface area contributed by atoms with Crippen molar-refractivity contribution in [1.82, 2.24) is 0 Å². The fraction of sp³-hybridized carbons (Fsp3) is 0.412. The van der Waals surface area contributed by atoms with Crippen molar-refractivity contribution in [2.75, 3.05) is 7.11 Å². The van der Waals surface area contributed by atoms with Crippen molar-refractivity contribution in [3.8, 4) is 0 Å². The fourth-order valence-electron chi connectivity index (χ4n) is 3.32. The molecule has 1 saturated carbocycles. The van der Waals surface area contributed by atoms with Gasteiger partial charge in [0.05, 0.1) is 12.7 Å². The highest BCUT2D eigenvalue weighted by Gasteiger charge is 2.53. The van der Waals surface area contributed by atoms with E-state index in [1.165, 1.54) is 7.11 Å². The molecule has 0 spiro atoms. The molecule has 3 nitrogen and oxygen atoms in total. The van der Waals surface area contributed by atoms with E-state index in [1.807, 2.05) is 24.3 Å². The van der Waals surface area contributed by atoms with Gasteiger partial charge in [0.1, 0.15) is 5.78 Å². The Morgan fingerprint density at radius 2 is 2.14 bits per heavy atom. The lowest BCUT2D eigenvalue weighted by Crippen LogP contribution is -2.30. The van der Waals surface area contributed by atoms with Crippen LogP contribution < -0.4 is 0 Å². The molecule has 0 bridgehead atoms. The summed E-state index contributed by atoms with van der Waals surface area (Å²) in [5, 5.41) is 0.648. The largest absolute Gasteiger partial charge is 0.465 e. The molecule has 3 rings (SSSR count). The molecule has 0 amide bonds. The van der Waals surface area contributed by atoms with E-state index >= 15 is 0 Å². The third kappa shape index (κ3) is 2.51. The monoisotopic (exact) mass is 304 g/mol. The highest BCUT2D eigenvalue weighted by atomic mass is 35.5. The van der Waals surface area contributed by atoms with Crippen LogP contribution in [-0.2, 0) is 14.9 Å². The molecule has 1 aromatic rings. The lowest BCUT2D eigenvalue weighted by atomic mass is 9.75. The Labute approximate surface area is 128 Å². The second-order valence-electron chi connectivity index (χ2n) is 5.81. The molecule has 0 aromatic heterocycles. The van der Waals surface area contributed by atoms with Crippen LogP contribution in [0.15, 0.2) is 35.4 Å². The Morgan fingerprint density at radius 1 is 1.38 bits per heavy atom. The summed E-state index contributed by atoms with van der Waals surface area (Å²) in [6.45, 7) is 0. The van der Waals surface area contributed by atoms with Gasteiger partial charge in [-0.3, -0.25) is 4.79 Å². The SMILES string of the molecule is COC(=O)c1cccc(C2(C3CC=C(Cl)CC3=O)CC2)c1. The summed E-state index contributed by atoms with van der Waals surface area (Å²) in [5.41, 5.74) is 1.49. The second-order valence-corrected chi connectivity index (χ2v) is 6.30. The number of esters is 1. The van der Waals surface area contributed by atoms with E-state index in [4.69, 9.17) is 16.3 Å². The van der Waals surface area contributed by atoms with Gasteiger partial charge in [0, 0.05) is 22.8 Å². The Balaban J connectivity index is 1.93. The van der Waals surface area contributed by atoms with E-state index in [1.54, 1.807) is 6.07 Å². The predicted molar refractivity (Wildman–Crippen MR) is 80.4 cm³/mol. The van der Waals surface area contributed by atoms with Crippen molar-refractivity contribution >= 4 is 23.4 Å². The standard InChI is InChI=1S/C17H17ClO3/c1-21-16(20)11-3-2-4-12(9-11)17(7-8-17)14-6-5-13(18)10-15(14)19/h2-5,9,14H,6-8,10H2,1H3. The lowest BCUT2D eigenvalue weighted by molar-refractivity contribution is -0.123. The van der Waals surface area contributed by atoms with Gasteiger partial charge < -0.3 is 4.74 Å². The average molecular weight is 305 g/mol. The summed E-state index contributed by atoms with van der Waals surface area (Å²) >= 11 is 5.96. The number of ether oxygens (including phenoxy) is 1. The number of allylic oxidation sites excluding steroid dienone is 2. The maximum atomic E-state index is 12.3. The van der Waals surface area contributed by atoms with Crippen molar-refractivity contribution in [2.24, 2.45) is 5.92 Å². The minimum Gasteiger partial charge on any atom is -0.465 e. The summed E-state index contributed by atoms with van der Waals surface area (Å²) in [6.07, 6.45) is 4.96. The third-order valence-corrected chi connectivity index (χ3v) is 4.91. The first kappa shape index (κ1) is 14.3. The van der Waals surface area contributed by atoms with E-state index < -0.39 is 0 Å². The number of carbonyl (C=O) groups excluding carboxylic acids is 2. The van der Waals surface area contributed by atoms with Gasteiger partial charge in [-0.2, -0.15) is 0 Å². The number of Topliss-reactive ketones (excluding diaryl/α,β-unsaturated/α-hetero) is 1. The van der Waals surface area contributed by atoms with Crippen molar-refractivity contribution < 1.29 is 14.3 Å². The van der Waals surface area contributed by atoms with Gasteiger partial charge in [0.25, 0.3) is 0 Å². The van der Waals surface area contributed by atoms with Gasteiger partial charge in [0.15, 0.2) is 0 Å². The number of hydrogen-bond acceptors (Lipinski definition) is 3. The molecule has 4 heteroatoms. The van der Waals surface area contributed by atoms with Crippen LogP contribution in [-0.4, -0.2) is 18.9 Å². The number of carbonyl (C=O) groups is 2. The first-order chi connectivity index (χ1) is 10.1. The van der Waals surface area contributed by atoms with Gasteiger partial charge in [-0.1, -0.05) is 29.8 Å². The molecule has 0 saturated heterocycles. The molecule has 2 aliphatic carbocycles. The molecule has 0 aliphatic heterocycles. The molecule has 0 heterocycles. The van der Waals surface area contributed by atoms with E-state index in [2.05, 4.69) is 0 Å². The van der Waals surface area contributed by atoms with Crippen LogP contribution in [0.25, 0.3) is 0 Å². The Bertz CT molecular complexity index is 629. The van der Waals surface area contributed by atoms with Crippen LogP contribution >= 0.6 is 11.6 Å². The van der Waals surface area contributed by atoms with Crippen molar-refractivity contribution in [3.63, 3.8) is 0 Å². The maximum Gasteiger partial charge on any atom is 0.337 e. The molecular formula is C17H17ClO3. The predicted octanol–water partition coefficient (Wildman–Crippen LogP) is 3.61. The molecule has 110 valence electrons. The molecule has 2 aliphatic rings. The molecule has 1 unspecified atom stereocenters. The number of ketones is 1. The zero-order valence-electron chi connectivity index (χ0n) is 11.9. The minimum atomic E-state index is -0.342. The van der Waals surface area contributed by atoms with Crippen LogP contribution in [0.5, 0.6) is 0 Å². The quantitative estimate of drug-likeness (QED) is 0.801. The molecule has 0 N–H and O–H groups in total. The van der Waals surface area contributed by atoms with Gasteiger partial charge in [0.2, 0.25) is 0 Å². The highest BCUT2D eigenvalue weighted by molar-refractivity contribution is 6.31. The molecule has 1 fully saturated rings. The fourth-order valence-corrected chi connectivity index (χ4v) is 3.54. The maximum absolute atomic E-state index is 12.3. The summed E-state index contributed by atoms with van der Waals surface area (Å²) in [4.78, 5) is 24.0. The lowest BCUT2D eigenvalue weighted by Gasteiger charge is -2.28. The third-order valence-electron chi connectivity index (χ3n) is 4.62. The number of hydrogen-bond donors (Lipinski definition) is 0. The molecule has 1 atom stereocenters. The van der Waals surface area contributed by atoms with Gasteiger partial charge >= 0.3 is 5.97 Å². The van der Waals surface area contributed by atoms with Crippen molar-refractivity contribution in [1.29, 1.82) is 0 Å². The Morgan fingerprint density at radius 3 is 2.76 bits per heavy atom. The minimum absolute atomic E-state index is 0.0205. The number of rotatable bonds is 3. The molecule has 21 heavy (non-hydrogen) atoms. The van der Waals surface area contributed by atoms with E-state index in [0.717, 1.165) is 18.4 Å². The first-order valence-corrected chi connectivity index (χ1v) is 7.51. The van der Waals surface area contributed by atoms with E-state index in [-0.39, 0.29) is 23.1 Å². The Hall–Kier alpha value is -1.61. The zero-order valence-corrected chi connectivity index (χ0v) is 12.7. The number of methoxy groups -OCH3 is 1. The van der Waals surface area contributed by atoms with E-state index in [9.17, 15) is 9.59 Å². The van der Waals surface area contributed by atoms with Crippen molar-refractivity contribution in [2.45, 2.75) is 31.1 Å². The number of benzene rings is 1. The zero-order chi connectivity index (χ0) is 15.0. The van der Waals surface area contributed by atoms with Crippen molar-refractivity contribution in [3.05, 3.63) is 46.5 Å². The van der Waals surface area contributed by atoms with Gasteiger partial charge in [-0.15, -0.1) is 0 Å². The van der Waals surface area contributed by atoms with Gasteiger partial charge in [-0.05, 0) is 37.0 Å². The van der Waals surface area contributed by atoms with Crippen LogP contribution in [0.1, 0.15) is 41.6 Å². The smallest absolute Gasteiger partial charge is 0.337 e. The van der Waals surface area contributed by atoms with Crippen LogP contribution in [0.4, 0.5) is 0 Å². The highest BCUT2D eigenvalue weighted by Crippen LogP contribution is 2.56. The first-order valence-electron chi connectivity index (χ1n) is 7.13. The molecule has 0 radical (unpaired) electrons. The number of halogens is 1. The van der Waals surface area contributed by atoms with Crippen LogP contribution in [0, 0.1) is 5.92 Å². The summed E-state index contributed by atoms with van der Waals surface area (Å²) in [6, 6.07) is 7.47. The summed E-state index contributed by atoms with van der Waals surface area (Å²) in [7, 11) is 1.37. The Kier molecular flexibility index (Phi) is 3.62. The normalized spacial score (nSPS) is 23.4. The second kappa shape index (κ2) is 5.30. The average Bonchev–Trinajstić information content (AvgIpc) is 3.28. The molecular weight excluding hydrogens is 288 g/mol. The summed E-state index contributed by atoms with van der Waals surface area (Å²) < 4.78 is 4.77. The van der Waals surface area contributed by atoms with Crippen LogP contribution in [0.2, 0.25) is 0 Å². The topological polar surface area (TPSA) is 43.4 Å². The van der Waals surface area contributed by atoms with Crippen LogP contribution in [0.3, 0.4) is 0 Å². The summed E-state index contributed by atoms with van der Waals surface area (Å²) in [5.74, 6) is -0.151. The molecule has 1 aromatic carbocycles.